The summed E-state index contributed by atoms with van der Waals surface area (Å²) in [7, 11) is 0. The zero-order chi connectivity index (χ0) is 13.2. The Bertz CT molecular complexity index is 600. The highest BCUT2D eigenvalue weighted by molar-refractivity contribution is 5.81. The average Bonchev–Trinajstić information content (AvgIpc) is 3.02. The highest BCUT2D eigenvalue weighted by Crippen LogP contribution is 2.30. The average molecular weight is 264 g/mol. The van der Waals surface area contributed by atoms with Crippen LogP contribution in [-0.4, -0.2) is 32.2 Å². The minimum atomic E-state index is -0.195. The molecule has 0 aromatic carbocycles. The molecule has 1 saturated heterocycles. The van der Waals surface area contributed by atoms with E-state index in [4.69, 9.17) is 10.5 Å². The zero-order valence-corrected chi connectivity index (χ0v) is 9.97. The lowest BCUT2D eigenvalue weighted by atomic mass is 10.2. The van der Waals surface area contributed by atoms with E-state index in [1.54, 1.807) is 6.33 Å². The second kappa shape index (κ2) is 4.76. The Kier molecular flexibility index (Phi) is 2.95. The van der Waals surface area contributed by atoms with Crippen LogP contribution in [-0.2, 0) is 9.57 Å². The Balaban J connectivity index is 1.82. The normalized spacial score (nSPS) is 22.7. The van der Waals surface area contributed by atoms with Crippen molar-refractivity contribution in [2.24, 2.45) is 5.34 Å². The van der Waals surface area contributed by atoms with Crippen LogP contribution < -0.4 is 5.73 Å². The van der Waals surface area contributed by atoms with Gasteiger partial charge >= 0.3 is 0 Å². The molecule has 0 radical (unpaired) electrons. The Labute approximate surface area is 107 Å². The summed E-state index contributed by atoms with van der Waals surface area (Å²) in [5.41, 5.74) is 6.91. The Morgan fingerprint density at radius 3 is 3.21 bits per heavy atom. The number of aromatic nitrogens is 4. The third-order valence-electron chi connectivity index (χ3n) is 3.10. The van der Waals surface area contributed by atoms with Gasteiger partial charge in [0.2, 0.25) is 0 Å². The number of rotatable bonds is 4. The van der Waals surface area contributed by atoms with Crippen molar-refractivity contribution in [3.63, 3.8) is 0 Å². The number of fused-ring (bicyclic) bond motifs is 1. The van der Waals surface area contributed by atoms with Gasteiger partial charge in [0.05, 0.1) is 12.4 Å². The van der Waals surface area contributed by atoms with Gasteiger partial charge in [-0.1, -0.05) is 0 Å². The van der Waals surface area contributed by atoms with Crippen molar-refractivity contribution in [2.45, 2.75) is 25.2 Å². The summed E-state index contributed by atoms with van der Waals surface area (Å²) in [6.45, 7) is 0.157. The van der Waals surface area contributed by atoms with Crippen LogP contribution in [0.25, 0.3) is 11.2 Å². The first-order valence-corrected chi connectivity index (χ1v) is 5.82. The molecule has 2 unspecified atom stereocenters. The van der Waals surface area contributed by atoms with Crippen molar-refractivity contribution >= 4 is 17.0 Å². The Morgan fingerprint density at radius 2 is 2.37 bits per heavy atom. The molecule has 3 heterocycles. The standard InChI is InChI=1S/C10H12N6O3/c11-9-8-10(13-4-12-9)16(5-14-8)7-2-1-6(19-7)3-18-15-17/h4-7H,1-3H2,(H2,11,12,13). The predicted octanol–water partition coefficient (Wildman–Crippen LogP) is 0.784. The molecule has 0 saturated carbocycles. The minimum absolute atomic E-state index is 0.153. The van der Waals surface area contributed by atoms with Crippen LogP contribution >= 0.6 is 0 Å². The highest BCUT2D eigenvalue weighted by atomic mass is 16.7. The summed E-state index contributed by atoms with van der Waals surface area (Å²) in [6, 6.07) is 0. The molecule has 0 spiro atoms. The molecule has 2 aromatic heterocycles. The zero-order valence-electron chi connectivity index (χ0n) is 9.97. The molecule has 3 rings (SSSR count). The summed E-state index contributed by atoms with van der Waals surface area (Å²) >= 11 is 0. The second-order valence-corrected chi connectivity index (χ2v) is 4.24. The van der Waals surface area contributed by atoms with Crippen molar-refractivity contribution in [1.29, 1.82) is 0 Å². The number of nitrogens with two attached hydrogens (primary N) is 1. The number of nitrogens with zero attached hydrogens (tertiary/aromatic N) is 5. The molecule has 1 aliphatic rings. The van der Waals surface area contributed by atoms with Gasteiger partial charge in [0.15, 0.2) is 16.8 Å². The molecule has 100 valence electrons. The lowest BCUT2D eigenvalue weighted by Gasteiger charge is -2.13. The van der Waals surface area contributed by atoms with Gasteiger partial charge in [0.1, 0.15) is 24.7 Å². The van der Waals surface area contributed by atoms with Gasteiger partial charge in [-0.2, -0.15) is 0 Å². The fraction of sp³-hybridized carbons (Fsp3) is 0.500. The number of ether oxygens (including phenoxy) is 1. The molecule has 9 nitrogen and oxygen atoms in total. The smallest absolute Gasteiger partial charge is 0.167 e. The summed E-state index contributed by atoms with van der Waals surface area (Å²) < 4.78 is 7.56. The van der Waals surface area contributed by atoms with Crippen LogP contribution in [0.1, 0.15) is 19.1 Å². The molecule has 2 N–H and O–H groups in total. The molecule has 2 aromatic rings. The molecule has 1 aliphatic heterocycles. The van der Waals surface area contributed by atoms with Crippen molar-refractivity contribution in [2.75, 3.05) is 12.3 Å². The summed E-state index contributed by atoms with van der Waals surface area (Å²) in [4.78, 5) is 26.6. The van der Waals surface area contributed by atoms with Crippen LogP contribution in [0.4, 0.5) is 5.82 Å². The Morgan fingerprint density at radius 1 is 1.47 bits per heavy atom. The second-order valence-electron chi connectivity index (χ2n) is 4.24. The molecular formula is C10H12N6O3. The molecule has 1 fully saturated rings. The SMILES string of the molecule is Nc1ncnc2c1ncn2C1CCC(CON=O)O1. The van der Waals surface area contributed by atoms with E-state index in [2.05, 4.69) is 25.1 Å². The lowest BCUT2D eigenvalue weighted by molar-refractivity contribution is -0.0398. The van der Waals surface area contributed by atoms with E-state index < -0.39 is 0 Å². The highest BCUT2D eigenvalue weighted by Gasteiger charge is 2.28. The van der Waals surface area contributed by atoms with E-state index in [1.807, 2.05) is 4.57 Å². The predicted molar refractivity (Wildman–Crippen MR) is 64.6 cm³/mol. The quantitative estimate of drug-likeness (QED) is 0.640. The molecule has 0 aliphatic carbocycles. The molecule has 9 heteroatoms. The van der Waals surface area contributed by atoms with E-state index in [1.165, 1.54) is 6.33 Å². The van der Waals surface area contributed by atoms with E-state index >= 15 is 0 Å². The topological polar surface area (TPSA) is 118 Å². The van der Waals surface area contributed by atoms with Gasteiger partial charge in [-0.3, -0.25) is 4.57 Å². The molecule has 2 atom stereocenters. The van der Waals surface area contributed by atoms with Crippen LogP contribution in [0.15, 0.2) is 18.0 Å². The first-order valence-electron chi connectivity index (χ1n) is 5.82. The summed E-state index contributed by atoms with van der Waals surface area (Å²) in [5.74, 6) is 0.340. The number of hydrogen-bond donors (Lipinski definition) is 1. The third-order valence-corrected chi connectivity index (χ3v) is 3.10. The molecule has 0 amide bonds. The van der Waals surface area contributed by atoms with Gasteiger partial charge in [-0.15, -0.1) is 4.91 Å². The first-order chi connectivity index (χ1) is 9.29. The minimum Gasteiger partial charge on any atom is -0.382 e. The molecule has 0 bridgehead atoms. The van der Waals surface area contributed by atoms with E-state index in [0.29, 0.717) is 17.0 Å². The maximum Gasteiger partial charge on any atom is 0.167 e. The molecular weight excluding hydrogens is 252 g/mol. The fourth-order valence-corrected chi connectivity index (χ4v) is 2.21. The third kappa shape index (κ3) is 2.08. The summed E-state index contributed by atoms with van der Waals surface area (Å²) in [6.07, 6.45) is 4.23. The van der Waals surface area contributed by atoms with Crippen LogP contribution in [0.5, 0.6) is 0 Å². The van der Waals surface area contributed by atoms with E-state index in [0.717, 1.165) is 12.8 Å². The van der Waals surface area contributed by atoms with E-state index in [-0.39, 0.29) is 18.9 Å². The van der Waals surface area contributed by atoms with Crippen molar-refractivity contribution < 1.29 is 9.57 Å². The maximum atomic E-state index is 9.91. The van der Waals surface area contributed by atoms with Crippen LogP contribution in [0.3, 0.4) is 0 Å². The fourth-order valence-electron chi connectivity index (χ4n) is 2.21. The van der Waals surface area contributed by atoms with Gasteiger partial charge in [-0.05, 0) is 12.8 Å². The van der Waals surface area contributed by atoms with E-state index in [9.17, 15) is 4.91 Å². The van der Waals surface area contributed by atoms with Gasteiger partial charge in [0, 0.05) is 0 Å². The van der Waals surface area contributed by atoms with Gasteiger partial charge < -0.3 is 15.3 Å². The maximum absolute atomic E-state index is 9.91. The molecule has 19 heavy (non-hydrogen) atoms. The summed E-state index contributed by atoms with van der Waals surface area (Å²) in [5, 5.41) is 2.36. The Hall–Kier alpha value is -2.29. The number of hydrogen-bond acceptors (Lipinski definition) is 8. The number of anilines is 1. The van der Waals surface area contributed by atoms with Crippen LogP contribution in [0.2, 0.25) is 0 Å². The monoisotopic (exact) mass is 264 g/mol. The largest absolute Gasteiger partial charge is 0.382 e. The number of nitrogen functional groups attached to an aromatic ring is 1. The first kappa shape index (κ1) is 11.8. The van der Waals surface area contributed by atoms with Crippen molar-refractivity contribution in [3.8, 4) is 0 Å². The van der Waals surface area contributed by atoms with Crippen molar-refractivity contribution in [3.05, 3.63) is 17.6 Å². The van der Waals surface area contributed by atoms with Gasteiger partial charge in [0.25, 0.3) is 0 Å². The van der Waals surface area contributed by atoms with Gasteiger partial charge in [-0.25, -0.2) is 15.0 Å². The lowest BCUT2D eigenvalue weighted by Crippen LogP contribution is -2.15. The van der Waals surface area contributed by atoms with Crippen LogP contribution in [0, 0.1) is 4.91 Å². The van der Waals surface area contributed by atoms with Crippen molar-refractivity contribution in [1.82, 2.24) is 19.5 Å². The number of imidazole rings is 1.